The molecule has 4 heteroatoms. The molecule has 1 aliphatic heterocycles. The summed E-state index contributed by atoms with van der Waals surface area (Å²) in [6.07, 6.45) is 2.33. The zero-order chi connectivity index (χ0) is 13.0. The molecule has 100 valence electrons. The molecular weight excluding hydrogens is 214 g/mol. The number of nitrogens with zero attached hydrogens (tertiary/aromatic N) is 2. The number of hydrogen-bond acceptors (Lipinski definition) is 3. The van der Waals surface area contributed by atoms with Crippen LogP contribution in [0.4, 0.5) is 0 Å². The maximum Gasteiger partial charge on any atom is 0.239 e. The minimum atomic E-state index is -0.340. The Hall–Kier alpha value is -0.610. The van der Waals surface area contributed by atoms with Crippen LogP contribution in [0.1, 0.15) is 26.7 Å². The van der Waals surface area contributed by atoms with Crippen LogP contribution in [0.15, 0.2) is 0 Å². The number of carbonyl (C=O) groups excluding carboxylic acids is 1. The Bertz CT molecular complexity index is 253. The Morgan fingerprint density at radius 2 is 2.12 bits per heavy atom. The minimum absolute atomic E-state index is 0.128. The lowest BCUT2D eigenvalue weighted by molar-refractivity contribution is -0.135. The number of rotatable bonds is 4. The van der Waals surface area contributed by atoms with Gasteiger partial charge < -0.3 is 15.5 Å². The van der Waals surface area contributed by atoms with E-state index in [1.165, 1.54) is 6.42 Å². The van der Waals surface area contributed by atoms with E-state index in [0.717, 1.165) is 26.1 Å². The van der Waals surface area contributed by atoms with Crippen molar-refractivity contribution in [3.05, 3.63) is 0 Å². The van der Waals surface area contributed by atoms with Gasteiger partial charge in [0.05, 0.1) is 6.04 Å². The predicted octanol–water partition coefficient (Wildman–Crippen LogP) is 0.770. The number of likely N-dealkylation sites (tertiary alicyclic amines) is 1. The second-order valence-corrected chi connectivity index (χ2v) is 5.82. The lowest BCUT2D eigenvalue weighted by Gasteiger charge is -2.36. The number of carbonyl (C=O) groups is 1. The topological polar surface area (TPSA) is 49.6 Å². The summed E-state index contributed by atoms with van der Waals surface area (Å²) in [5.41, 5.74) is 5.94. The van der Waals surface area contributed by atoms with Gasteiger partial charge in [-0.05, 0) is 38.8 Å². The average molecular weight is 241 g/mol. The van der Waals surface area contributed by atoms with Crippen LogP contribution < -0.4 is 5.73 Å². The third-order valence-corrected chi connectivity index (χ3v) is 3.46. The highest BCUT2D eigenvalue weighted by Gasteiger charge is 2.28. The average Bonchev–Trinajstić information content (AvgIpc) is 2.26. The molecule has 1 amide bonds. The fourth-order valence-corrected chi connectivity index (χ4v) is 2.43. The zero-order valence-corrected chi connectivity index (χ0v) is 11.6. The lowest BCUT2D eigenvalue weighted by atomic mass is 9.95. The highest BCUT2D eigenvalue weighted by Crippen LogP contribution is 2.18. The van der Waals surface area contributed by atoms with Gasteiger partial charge in [0.25, 0.3) is 0 Å². The first-order valence-electron chi connectivity index (χ1n) is 6.61. The Morgan fingerprint density at radius 1 is 1.47 bits per heavy atom. The van der Waals surface area contributed by atoms with Crippen LogP contribution in [0.25, 0.3) is 0 Å². The minimum Gasteiger partial charge on any atom is -0.341 e. The highest BCUT2D eigenvalue weighted by molar-refractivity contribution is 5.82. The molecule has 1 aliphatic rings. The summed E-state index contributed by atoms with van der Waals surface area (Å²) in [7, 11) is 4.17. The quantitative estimate of drug-likeness (QED) is 0.791. The molecule has 1 unspecified atom stereocenters. The van der Waals surface area contributed by atoms with Crippen molar-refractivity contribution in [2.45, 2.75) is 32.7 Å². The van der Waals surface area contributed by atoms with Crippen LogP contribution >= 0.6 is 0 Å². The monoisotopic (exact) mass is 241 g/mol. The Morgan fingerprint density at radius 3 is 2.65 bits per heavy atom. The molecule has 1 fully saturated rings. The predicted molar refractivity (Wildman–Crippen MR) is 70.7 cm³/mol. The van der Waals surface area contributed by atoms with Gasteiger partial charge in [-0.15, -0.1) is 0 Å². The van der Waals surface area contributed by atoms with Gasteiger partial charge in [0.1, 0.15) is 0 Å². The standard InChI is InChI=1S/C13H27N3O/c1-10(2)12(14)13(17)16-7-5-6-11(9-16)8-15(3)4/h10-12H,5-9,14H2,1-4H3/t11?,12-/m0/s1. The highest BCUT2D eigenvalue weighted by atomic mass is 16.2. The van der Waals surface area contributed by atoms with Crippen LogP contribution in [0.3, 0.4) is 0 Å². The van der Waals surface area contributed by atoms with E-state index >= 15 is 0 Å². The molecule has 1 rings (SSSR count). The first kappa shape index (κ1) is 14.5. The van der Waals surface area contributed by atoms with E-state index in [-0.39, 0.29) is 17.9 Å². The maximum atomic E-state index is 12.2. The molecule has 0 saturated carbocycles. The lowest BCUT2D eigenvalue weighted by Crippen LogP contribution is -2.50. The molecular formula is C13H27N3O. The molecule has 0 aromatic carbocycles. The van der Waals surface area contributed by atoms with Crippen molar-refractivity contribution in [3.8, 4) is 0 Å². The van der Waals surface area contributed by atoms with Crippen molar-refractivity contribution >= 4 is 5.91 Å². The van der Waals surface area contributed by atoms with Crippen molar-refractivity contribution in [1.82, 2.24) is 9.80 Å². The molecule has 0 aromatic heterocycles. The van der Waals surface area contributed by atoms with Crippen molar-refractivity contribution in [2.75, 3.05) is 33.7 Å². The van der Waals surface area contributed by atoms with Crippen LogP contribution in [0.2, 0.25) is 0 Å². The second kappa shape index (κ2) is 6.36. The van der Waals surface area contributed by atoms with Gasteiger partial charge in [-0.3, -0.25) is 4.79 Å². The molecule has 1 heterocycles. The molecule has 1 saturated heterocycles. The van der Waals surface area contributed by atoms with E-state index in [1.54, 1.807) is 0 Å². The molecule has 0 bridgehead atoms. The smallest absolute Gasteiger partial charge is 0.239 e. The van der Waals surface area contributed by atoms with E-state index in [9.17, 15) is 4.79 Å². The number of amides is 1. The fraction of sp³-hybridized carbons (Fsp3) is 0.923. The Balaban J connectivity index is 2.51. The first-order chi connectivity index (χ1) is 7.91. The summed E-state index contributed by atoms with van der Waals surface area (Å²) in [4.78, 5) is 16.3. The molecule has 2 atom stereocenters. The van der Waals surface area contributed by atoms with Crippen LogP contribution in [-0.2, 0) is 4.79 Å². The van der Waals surface area contributed by atoms with Gasteiger partial charge in [-0.25, -0.2) is 0 Å². The summed E-state index contributed by atoms with van der Waals surface area (Å²) in [5, 5.41) is 0. The first-order valence-corrected chi connectivity index (χ1v) is 6.61. The molecule has 0 spiro atoms. The van der Waals surface area contributed by atoms with Gasteiger partial charge in [-0.2, -0.15) is 0 Å². The molecule has 0 aliphatic carbocycles. The van der Waals surface area contributed by atoms with E-state index in [0.29, 0.717) is 5.92 Å². The normalized spacial score (nSPS) is 23.2. The summed E-state index contributed by atoms with van der Waals surface area (Å²) in [6, 6.07) is -0.340. The molecule has 0 radical (unpaired) electrons. The summed E-state index contributed by atoms with van der Waals surface area (Å²) in [5.74, 6) is 0.947. The van der Waals surface area contributed by atoms with E-state index < -0.39 is 0 Å². The van der Waals surface area contributed by atoms with E-state index in [4.69, 9.17) is 5.73 Å². The SMILES string of the molecule is CC(C)[C@H](N)C(=O)N1CCCC(CN(C)C)C1. The van der Waals surface area contributed by atoms with Crippen molar-refractivity contribution in [1.29, 1.82) is 0 Å². The molecule has 4 nitrogen and oxygen atoms in total. The van der Waals surface area contributed by atoms with E-state index in [1.807, 2.05) is 18.7 Å². The molecule has 2 N–H and O–H groups in total. The van der Waals surface area contributed by atoms with E-state index in [2.05, 4.69) is 19.0 Å². The Kier molecular flexibility index (Phi) is 5.40. The third kappa shape index (κ3) is 4.28. The summed E-state index contributed by atoms with van der Waals surface area (Å²) < 4.78 is 0. The van der Waals surface area contributed by atoms with Crippen molar-refractivity contribution in [2.24, 2.45) is 17.6 Å². The van der Waals surface area contributed by atoms with Gasteiger partial charge in [0.15, 0.2) is 0 Å². The fourth-order valence-electron chi connectivity index (χ4n) is 2.43. The number of nitrogens with two attached hydrogens (primary N) is 1. The van der Waals surface area contributed by atoms with Gasteiger partial charge in [0, 0.05) is 19.6 Å². The number of hydrogen-bond donors (Lipinski definition) is 1. The number of piperidine rings is 1. The van der Waals surface area contributed by atoms with Crippen molar-refractivity contribution < 1.29 is 4.79 Å². The summed E-state index contributed by atoms with van der Waals surface area (Å²) >= 11 is 0. The molecule has 17 heavy (non-hydrogen) atoms. The van der Waals surface area contributed by atoms with Crippen LogP contribution in [0.5, 0.6) is 0 Å². The van der Waals surface area contributed by atoms with Crippen molar-refractivity contribution in [3.63, 3.8) is 0 Å². The zero-order valence-electron chi connectivity index (χ0n) is 11.6. The van der Waals surface area contributed by atoms with Crippen LogP contribution in [0, 0.1) is 11.8 Å². The Labute approximate surface area is 105 Å². The second-order valence-electron chi connectivity index (χ2n) is 5.82. The van der Waals surface area contributed by atoms with Gasteiger partial charge in [0.2, 0.25) is 5.91 Å². The summed E-state index contributed by atoms with van der Waals surface area (Å²) in [6.45, 7) is 6.81. The van der Waals surface area contributed by atoms with Gasteiger partial charge >= 0.3 is 0 Å². The van der Waals surface area contributed by atoms with Gasteiger partial charge in [-0.1, -0.05) is 13.8 Å². The van der Waals surface area contributed by atoms with Crippen LogP contribution in [-0.4, -0.2) is 55.5 Å². The third-order valence-electron chi connectivity index (χ3n) is 3.46. The maximum absolute atomic E-state index is 12.2. The molecule has 0 aromatic rings. The largest absolute Gasteiger partial charge is 0.341 e.